The van der Waals surface area contributed by atoms with Gasteiger partial charge in [0.1, 0.15) is 24.5 Å². The molecule has 0 amide bonds. The summed E-state index contributed by atoms with van der Waals surface area (Å²) < 4.78 is 42.2. The number of nitrogens with zero attached hydrogens (tertiary/aromatic N) is 1. The zero-order valence-corrected chi connectivity index (χ0v) is 19.4. The molecule has 0 spiro atoms. The van der Waals surface area contributed by atoms with Crippen molar-refractivity contribution in [1.82, 2.24) is 14.6 Å². The van der Waals surface area contributed by atoms with Crippen molar-refractivity contribution in [2.45, 2.75) is 63.4 Å². The molecule has 172 valence electrons. The Kier molecular flexibility index (Phi) is 11.1. The number of aliphatic hydroxyl groups is 1. The van der Waals surface area contributed by atoms with Gasteiger partial charge in [-0.1, -0.05) is 0 Å². The minimum Gasteiger partial charge on any atom is -0.462 e. The summed E-state index contributed by atoms with van der Waals surface area (Å²) in [4.78, 5) is 36.8. The van der Waals surface area contributed by atoms with E-state index in [1.54, 1.807) is 13.8 Å². The molecule has 0 saturated heterocycles. The number of hydrogen-bond acceptors (Lipinski definition) is 8. The molecule has 0 bridgehead atoms. The minimum absolute atomic E-state index is 0.351. The van der Waals surface area contributed by atoms with E-state index >= 15 is 0 Å². The highest BCUT2D eigenvalue weighted by molar-refractivity contribution is 9.09. The Bertz CT molecular complexity index is 833. The molecular formula is C16H26BrFN3O8P. The summed E-state index contributed by atoms with van der Waals surface area (Å²) in [5.41, 5.74) is -1.38. The van der Waals surface area contributed by atoms with Crippen molar-refractivity contribution in [2.24, 2.45) is 0 Å². The Balaban J connectivity index is 2.77. The molecule has 6 atom stereocenters. The molecule has 0 aliphatic carbocycles. The van der Waals surface area contributed by atoms with E-state index in [1.165, 1.54) is 20.0 Å². The normalized spacial score (nSPS) is 17.7. The SMILES string of the molecule is CC(C)OC(=O)[C@H](C)N[PH](=O)OCC(O[C@H](C)n1ccc(=O)[nH]c1=O)C(O)C(F)Br. The number of aliphatic hydroxyl groups excluding tert-OH is 1. The molecule has 0 fully saturated rings. The smallest absolute Gasteiger partial charge is 0.330 e. The number of halogens is 2. The van der Waals surface area contributed by atoms with Crippen LogP contribution in [0.25, 0.3) is 0 Å². The van der Waals surface area contributed by atoms with Crippen LogP contribution in [-0.4, -0.2) is 56.7 Å². The van der Waals surface area contributed by atoms with E-state index < -0.39 is 61.6 Å². The Morgan fingerprint density at radius 1 is 1.37 bits per heavy atom. The van der Waals surface area contributed by atoms with Crippen LogP contribution in [-0.2, 0) is 23.4 Å². The molecule has 0 aromatic carbocycles. The topological polar surface area (TPSA) is 149 Å². The first kappa shape index (κ1) is 26.7. The van der Waals surface area contributed by atoms with Gasteiger partial charge in [-0.3, -0.25) is 23.7 Å². The van der Waals surface area contributed by atoms with Gasteiger partial charge in [-0.25, -0.2) is 14.3 Å². The van der Waals surface area contributed by atoms with Gasteiger partial charge in [-0.2, -0.15) is 0 Å². The number of aromatic amines is 1. The average Bonchev–Trinajstić information content (AvgIpc) is 2.63. The third kappa shape index (κ3) is 8.78. The third-order valence-corrected chi connectivity index (χ3v) is 5.31. The zero-order chi connectivity index (χ0) is 23.0. The quantitative estimate of drug-likeness (QED) is 0.208. The number of rotatable bonds is 12. The van der Waals surface area contributed by atoms with E-state index in [0.717, 1.165) is 10.6 Å². The molecule has 1 heterocycles. The van der Waals surface area contributed by atoms with Crippen molar-refractivity contribution >= 4 is 30.1 Å². The molecule has 4 unspecified atom stereocenters. The zero-order valence-electron chi connectivity index (χ0n) is 16.8. The molecule has 0 aliphatic rings. The van der Waals surface area contributed by atoms with Crippen molar-refractivity contribution in [2.75, 3.05) is 6.61 Å². The maximum Gasteiger partial charge on any atom is 0.330 e. The van der Waals surface area contributed by atoms with Gasteiger partial charge in [0.15, 0.2) is 5.08 Å². The predicted octanol–water partition coefficient (Wildman–Crippen LogP) is 0.828. The van der Waals surface area contributed by atoms with Crippen molar-refractivity contribution in [3.05, 3.63) is 33.1 Å². The molecule has 11 nitrogen and oxygen atoms in total. The van der Waals surface area contributed by atoms with Crippen LogP contribution in [0.15, 0.2) is 21.9 Å². The van der Waals surface area contributed by atoms with E-state index in [-0.39, 0.29) is 6.10 Å². The number of aromatic nitrogens is 2. The van der Waals surface area contributed by atoms with Crippen LogP contribution in [0.1, 0.15) is 33.9 Å². The standard InChI is InChI=1S/C16H26BrFN3O8P/c1-8(2)28-15(24)9(3)20-30(26)27-7-11(13(23)14(17)18)29-10(4)21-6-5-12(22)19-16(21)25/h5-6,8-11,13-14,23,30H,7H2,1-4H3,(H,20,26)(H,19,22,25)/t9-,10+,11?,13?,14?/m0/s1. The average molecular weight is 518 g/mol. The molecule has 1 aromatic heterocycles. The Morgan fingerprint density at radius 2 is 2.00 bits per heavy atom. The number of ether oxygens (including phenoxy) is 2. The maximum absolute atomic E-state index is 13.6. The highest BCUT2D eigenvalue weighted by atomic mass is 79.9. The Hall–Kier alpha value is -1.37. The largest absolute Gasteiger partial charge is 0.462 e. The lowest BCUT2D eigenvalue weighted by Gasteiger charge is -2.27. The van der Waals surface area contributed by atoms with Crippen LogP contribution in [0.4, 0.5) is 4.39 Å². The second-order valence-corrected chi connectivity index (χ2v) is 8.59. The fraction of sp³-hybridized carbons (Fsp3) is 0.688. The third-order valence-electron chi connectivity index (χ3n) is 3.67. The number of carbonyl (C=O) groups excluding carboxylic acids is 1. The van der Waals surface area contributed by atoms with Gasteiger partial charge >= 0.3 is 11.7 Å². The van der Waals surface area contributed by atoms with Crippen LogP contribution in [0.5, 0.6) is 0 Å². The Labute approximate surface area is 181 Å². The van der Waals surface area contributed by atoms with E-state index in [9.17, 15) is 28.4 Å². The van der Waals surface area contributed by atoms with E-state index in [2.05, 4.69) is 21.0 Å². The number of nitrogens with one attached hydrogen (secondary N) is 2. The lowest BCUT2D eigenvalue weighted by atomic mass is 10.2. The van der Waals surface area contributed by atoms with Gasteiger partial charge in [-0.05, 0) is 43.6 Å². The predicted molar refractivity (Wildman–Crippen MR) is 110 cm³/mol. The first-order valence-corrected chi connectivity index (χ1v) is 11.2. The first-order chi connectivity index (χ1) is 13.9. The summed E-state index contributed by atoms with van der Waals surface area (Å²) in [5.74, 6) is -0.630. The lowest BCUT2D eigenvalue weighted by Crippen LogP contribution is -2.41. The van der Waals surface area contributed by atoms with Crippen molar-refractivity contribution in [1.29, 1.82) is 0 Å². The van der Waals surface area contributed by atoms with E-state index in [4.69, 9.17) is 14.0 Å². The fourth-order valence-electron chi connectivity index (χ4n) is 2.18. The van der Waals surface area contributed by atoms with Crippen LogP contribution >= 0.6 is 24.1 Å². The highest BCUT2D eigenvalue weighted by Gasteiger charge is 2.30. The van der Waals surface area contributed by atoms with Gasteiger partial charge in [0.05, 0.1) is 12.7 Å². The van der Waals surface area contributed by atoms with Crippen molar-refractivity contribution in [3.8, 4) is 0 Å². The van der Waals surface area contributed by atoms with E-state index in [0.29, 0.717) is 0 Å². The number of H-pyrrole nitrogens is 1. The summed E-state index contributed by atoms with van der Waals surface area (Å²) in [5, 5.41) is 10.5. The van der Waals surface area contributed by atoms with Gasteiger partial charge in [0.25, 0.3) is 13.7 Å². The summed E-state index contributed by atoms with van der Waals surface area (Å²) in [6, 6.07) is 0.165. The van der Waals surface area contributed by atoms with Gasteiger partial charge in [0.2, 0.25) is 0 Å². The number of carbonyl (C=O) groups is 1. The summed E-state index contributed by atoms with van der Waals surface area (Å²) in [7, 11) is -2.98. The highest BCUT2D eigenvalue weighted by Crippen LogP contribution is 2.23. The Morgan fingerprint density at radius 3 is 2.53 bits per heavy atom. The minimum atomic E-state index is -2.98. The van der Waals surface area contributed by atoms with Crippen molar-refractivity contribution in [3.63, 3.8) is 0 Å². The van der Waals surface area contributed by atoms with Gasteiger partial charge in [0, 0.05) is 12.3 Å². The van der Waals surface area contributed by atoms with Crippen LogP contribution < -0.4 is 16.3 Å². The molecule has 0 saturated carbocycles. The van der Waals surface area contributed by atoms with Crippen LogP contribution in [0.2, 0.25) is 0 Å². The molecule has 30 heavy (non-hydrogen) atoms. The van der Waals surface area contributed by atoms with E-state index in [1.807, 2.05) is 4.98 Å². The van der Waals surface area contributed by atoms with Crippen molar-refractivity contribution < 1.29 is 32.9 Å². The number of alkyl halides is 2. The fourth-order valence-corrected chi connectivity index (χ4v) is 3.39. The molecule has 0 radical (unpaired) electrons. The molecular weight excluding hydrogens is 492 g/mol. The molecule has 3 N–H and O–H groups in total. The second kappa shape index (κ2) is 12.5. The molecule has 1 aromatic rings. The number of hydrogen-bond donors (Lipinski definition) is 3. The summed E-state index contributed by atoms with van der Waals surface area (Å²) >= 11 is 2.58. The van der Waals surface area contributed by atoms with Gasteiger partial charge in [-0.15, -0.1) is 0 Å². The van der Waals surface area contributed by atoms with Crippen LogP contribution in [0.3, 0.4) is 0 Å². The monoisotopic (exact) mass is 517 g/mol. The lowest BCUT2D eigenvalue weighted by molar-refractivity contribution is -0.149. The number of esters is 1. The van der Waals surface area contributed by atoms with Crippen LogP contribution in [0, 0.1) is 0 Å². The summed E-state index contributed by atoms with van der Waals surface area (Å²) in [6.07, 6.45) is -3.29. The maximum atomic E-state index is 13.6. The first-order valence-electron chi connectivity index (χ1n) is 8.99. The van der Waals surface area contributed by atoms with Gasteiger partial charge < -0.3 is 19.1 Å². The molecule has 1 rings (SSSR count). The molecule has 0 aliphatic heterocycles. The molecule has 14 heteroatoms. The summed E-state index contributed by atoms with van der Waals surface area (Å²) in [6.45, 7) is 5.66. The second-order valence-electron chi connectivity index (χ2n) is 6.57.